The Morgan fingerprint density at radius 1 is 1.28 bits per heavy atom. The third-order valence-corrected chi connectivity index (χ3v) is 7.18. The maximum absolute atomic E-state index is 6.09. The molecule has 3 nitrogen and oxygen atoms in total. The highest BCUT2D eigenvalue weighted by molar-refractivity contribution is 6.67. The Hall–Kier alpha value is -0.683. The fourth-order valence-corrected chi connectivity index (χ4v) is 5.57. The average molecular weight is 266 g/mol. The summed E-state index contributed by atoms with van der Waals surface area (Å²) in [7, 11) is 1.45. The zero-order chi connectivity index (χ0) is 12.8. The summed E-state index contributed by atoms with van der Waals surface area (Å²) in [4.78, 5) is 0. The quantitative estimate of drug-likeness (QED) is 0.767. The van der Waals surface area contributed by atoms with Crippen LogP contribution in [0.25, 0.3) is 0 Å². The number of hydrogen-bond acceptors (Lipinski definition) is 3. The minimum absolute atomic E-state index is 0.0684. The number of hydrogen-bond donors (Lipinski definition) is 0. The number of aryl methyl sites for hydroxylation is 1. The van der Waals surface area contributed by atoms with Crippen molar-refractivity contribution in [2.24, 2.45) is 0 Å². The summed E-state index contributed by atoms with van der Waals surface area (Å²) in [5.74, 6) is 0. The van der Waals surface area contributed by atoms with Gasteiger partial charge < -0.3 is 13.6 Å². The second kappa shape index (κ2) is 6.47. The lowest BCUT2D eigenvalue weighted by atomic mass is 10.2. The van der Waals surface area contributed by atoms with Gasteiger partial charge in [-0.1, -0.05) is 30.3 Å². The molecule has 0 N–H and O–H groups in total. The molecule has 0 radical (unpaired) electrons. The maximum Gasteiger partial charge on any atom is 0.340 e. The van der Waals surface area contributed by atoms with Crippen LogP contribution < -0.4 is 0 Å². The van der Waals surface area contributed by atoms with Gasteiger partial charge in [-0.2, -0.15) is 0 Å². The van der Waals surface area contributed by atoms with Gasteiger partial charge in [0, 0.05) is 14.2 Å². The minimum Gasteiger partial charge on any atom is -0.398 e. The van der Waals surface area contributed by atoms with E-state index in [4.69, 9.17) is 13.6 Å². The first-order valence-corrected chi connectivity index (χ1v) is 8.81. The molecule has 100 valence electrons. The van der Waals surface area contributed by atoms with Crippen LogP contribution in [-0.4, -0.2) is 29.1 Å². The van der Waals surface area contributed by atoms with Crippen molar-refractivity contribution in [3.63, 3.8) is 0 Å². The Morgan fingerprint density at radius 2 is 2.06 bits per heavy atom. The molecular formula is C14H22O3Si. The van der Waals surface area contributed by atoms with E-state index in [1.807, 2.05) is 6.07 Å². The molecule has 1 fully saturated rings. The van der Waals surface area contributed by atoms with Crippen LogP contribution in [0.3, 0.4) is 0 Å². The number of methoxy groups -OCH3 is 1. The molecule has 0 amide bonds. The van der Waals surface area contributed by atoms with Gasteiger partial charge in [-0.3, -0.25) is 0 Å². The Labute approximate surface area is 110 Å². The van der Waals surface area contributed by atoms with E-state index >= 15 is 0 Å². The molecular weight excluding hydrogens is 244 g/mol. The van der Waals surface area contributed by atoms with Crippen molar-refractivity contribution in [3.8, 4) is 0 Å². The molecule has 0 aromatic heterocycles. The summed E-state index contributed by atoms with van der Waals surface area (Å²) in [5, 5.41) is 0. The van der Waals surface area contributed by atoms with Crippen LogP contribution in [0.2, 0.25) is 12.1 Å². The van der Waals surface area contributed by atoms with Crippen LogP contribution in [0.15, 0.2) is 30.3 Å². The molecule has 2 unspecified atom stereocenters. The van der Waals surface area contributed by atoms with Gasteiger partial charge in [-0.15, -0.1) is 0 Å². The van der Waals surface area contributed by atoms with E-state index in [1.165, 1.54) is 5.56 Å². The molecule has 1 aliphatic rings. The standard InChI is InChI=1S/C14H22O3Si/c1-15-14-9-6-11-18(16-2,17-14)12-10-13-7-4-3-5-8-13/h3-5,7-8,14H,6,9-12H2,1-2H3. The van der Waals surface area contributed by atoms with Crippen LogP contribution >= 0.6 is 0 Å². The van der Waals surface area contributed by atoms with E-state index in [2.05, 4.69) is 24.3 Å². The summed E-state index contributed by atoms with van der Waals surface area (Å²) in [6.07, 6.45) is 3.09. The fraction of sp³-hybridized carbons (Fsp3) is 0.571. The highest BCUT2D eigenvalue weighted by atomic mass is 28.4. The van der Waals surface area contributed by atoms with Crippen LogP contribution in [-0.2, 0) is 20.0 Å². The van der Waals surface area contributed by atoms with Crippen LogP contribution in [0.1, 0.15) is 18.4 Å². The van der Waals surface area contributed by atoms with E-state index in [0.717, 1.165) is 31.4 Å². The first-order chi connectivity index (χ1) is 8.78. The van der Waals surface area contributed by atoms with Crippen molar-refractivity contribution < 1.29 is 13.6 Å². The van der Waals surface area contributed by atoms with Gasteiger partial charge in [0.05, 0.1) is 0 Å². The zero-order valence-corrected chi connectivity index (χ0v) is 12.2. The molecule has 1 saturated heterocycles. The molecule has 4 heteroatoms. The summed E-state index contributed by atoms with van der Waals surface area (Å²) in [6, 6.07) is 12.6. The Kier molecular flexibility index (Phi) is 4.94. The molecule has 18 heavy (non-hydrogen) atoms. The van der Waals surface area contributed by atoms with Crippen molar-refractivity contribution >= 4 is 8.56 Å². The van der Waals surface area contributed by atoms with Crippen molar-refractivity contribution in [2.75, 3.05) is 14.2 Å². The molecule has 0 bridgehead atoms. The van der Waals surface area contributed by atoms with Gasteiger partial charge in [0.1, 0.15) is 6.29 Å². The predicted molar refractivity (Wildman–Crippen MR) is 73.6 cm³/mol. The summed E-state index contributed by atoms with van der Waals surface area (Å²) in [6.45, 7) is 0. The third-order valence-electron chi connectivity index (χ3n) is 3.62. The molecule has 2 atom stereocenters. The van der Waals surface area contributed by atoms with Gasteiger partial charge in [-0.05, 0) is 36.9 Å². The monoisotopic (exact) mass is 266 g/mol. The van der Waals surface area contributed by atoms with E-state index in [1.54, 1.807) is 14.2 Å². The van der Waals surface area contributed by atoms with Crippen LogP contribution in [0.5, 0.6) is 0 Å². The normalized spacial score (nSPS) is 28.2. The first-order valence-electron chi connectivity index (χ1n) is 6.58. The van der Waals surface area contributed by atoms with E-state index in [0.29, 0.717) is 0 Å². The highest BCUT2D eigenvalue weighted by Crippen LogP contribution is 2.31. The van der Waals surface area contributed by atoms with Gasteiger partial charge >= 0.3 is 8.56 Å². The Balaban J connectivity index is 1.95. The SMILES string of the molecule is COC1CCC[Si](CCc2ccccc2)(OC)O1. The fourth-order valence-electron chi connectivity index (χ4n) is 2.48. The van der Waals surface area contributed by atoms with Crippen LogP contribution in [0, 0.1) is 0 Å². The molecule has 0 spiro atoms. The minimum atomic E-state index is -2.05. The third kappa shape index (κ3) is 3.42. The maximum atomic E-state index is 6.09. The van der Waals surface area contributed by atoms with Crippen molar-refractivity contribution in [1.82, 2.24) is 0 Å². The molecule has 1 aromatic carbocycles. The smallest absolute Gasteiger partial charge is 0.340 e. The van der Waals surface area contributed by atoms with Gasteiger partial charge in [0.15, 0.2) is 0 Å². The van der Waals surface area contributed by atoms with E-state index in [9.17, 15) is 0 Å². The molecule has 1 aromatic rings. The van der Waals surface area contributed by atoms with Crippen molar-refractivity contribution in [2.45, 2.75) is 37.6 Å². The predicted octanol–water partition coefficient (Wildman–Crippen LogP) is 3.10. The summed E-state index contributed by atoms with van der Waals surface area (Å²) < 4.78 is 17.2. The Bertz CT molecular complexity index is 357. The zero-order valence-electron chi connectivity index (χ0n) is 11.2. The van der Waals surface area contributed by atoms with E-state index in [-0.39, 0.29) is 6.29 Å². The molecule has 2 rings (SSSR count). The lowest BCUT2D eigenvalue weighted by Gasteiger charge is -2.37. The second-order valence-corrected chi connectivity index (χ2v) is 8.24. The molecule has 0 saturated carbocycles. The van der Waals surface area contributed by atoms with Crippen molar-refractivity contribution in [1.29, 1.82) is 0 Å². The first kappa shape index (κ1) is 13.7. The average Bonchev–Trinajstić information content (AvgIpc) is 2.46. The summed E-state index contributed by atoms with van der Waals surface area (Å²) >= 11 is 0. The lowest BCUT2D eigenvalue weighted by Crippen LogP contribution is -2.48. The van der Waals surface area contributed by atoms with E-state index < -0.39 is 8.56 Å². The molecule has 1 heterocycles. The van der Waals surface area contributed by atoms with Gasteiger partial charge in [-0.25, -0.2) is 0 Å². The van der Waals surface area contributed by atoms with Crippen LogP contribution in [0.4, 0.5) is 0 Å². The number of ether oxygens (including phenoxy) is 1. The second-order valence-electron chi connectivity index (χ2n) is 4.78. The van der Waals surface area contributed by atoms with Gasteiger partial charge in [0.2, 0.25) is 0 Å². The highest BCUT2D eigenvalue weighted by Gasteiger charge is 2.41. The topological polar surface area (TPSA) is 27.7 Å². The largest absolute Gasteiger partial charge is 0.398 e. The molecule has 1 aliphatic heterocycles. The molecule has 0 aliphatic carbocycles. The number of benzene rings is 1. The van der Waals surface area contributed by atoms with Gasteiger partial charge in [0.25, 0.3) is 0 Å². The Morgan fingerprint density at radius 3 is 2.72 bits per heavy atom. The summed E-state index contributed by atoms with van der Waals surface area (Å²) in [5.41, 5.74) is 1.35. The number of rotatable bonds is 5. The lowest BCUT2D eigenvalue weighted by molar-refractivity contribution is -0.0897. The van der Waals surface area contributed by atoms with Crippen molar-refractivity contribution in [3.05, 3.63) is 35.9 Å².